The number of piperidine rings is 1. The number of nitrogens with zero attached hydrogens (tertiary/aromatic N) is 1. The van der Waals surface area contributed by atoms with Gasteiger partial charge in [-0.3, -0.25) is 0 Å². The van der Waals surface area contributed by atoms with Gasteiger partial charge >= 0.3 is 0 Å². The Balaban J connectivity index is 1.67. The first-order chi connectivity index (χ1) is 8.24. The summed E-state index contributed by atoms with van der Waals surface area (Å²) >= 11 is 0. The molecule has 1 saturated heterocycles. The average Bonchev–Trinajstić information content (AvgIpc) is 2.34. The van der Waals surface area contributed by atoms with Crippen molar-refractivity contribution in [3.8, 4) is 0 Å². The van der Waals surface area contributed by atoms with E-state index in [-0.39, 0.29) is 5.82 Å². The molecule has 0 aromatic heterocycles. The smallest absolute Gasteiger partial charge is 0.123 e. The van der Waals surface area contributed by atoms with E-state index in [1.165, 1.54) is 17.7 Å². The summed E-state index contributed by atoms with van der Waals surface area (Å²) in [5.41, 5.74) is 7.09. The zero-order valence-electron chi connectivity index (χ0n) is 10.2. The summed E-state index contributed by atoms with van der Waals surface area (Å²) in [7, 11) is 0. The number of aryl methyl sites for hydroxylation is 1. The highest BCUT2D eigenvalue weighted by Crippen LogP contribution is 2.10. The van der Waals surface area contributed by atoms with E-state index in [0.29, 0.717) is 6.04 Å². The van der Waals surface area contributed by atoms with Gasteiger partial charge in [0.05, 0.1) is 0 Å². The van der Waals surface area contributed by atoms with Gasteiger partial charge in [0.1, 0.15) is 5.82 Å². The van der Waals surface area contributed by atoms with Gasteiger partial charge in [0.25, 0.3) is 0 Å². The van der Waals surface area contributed by atoms with Crippen LogP contribution in [-0.2, 0) is 6.42 Å². The lowest BCUT2D eigenvalue weighted by Crippen LogP contribution is -2.40. The molecule has 0 aliphatic carbocycles. The summed E-state index contributed by atoms with van der Waals surface area (Å²) < 4.78 is 12.7. The molecule has 94 valence electrons. The average molecular weight is 236 g/mol. The Morgan fingerprint density at radius 1 is 1.18 bits per heavy atom. The Hall–Kier alpha value is -0.930. The van der Waals surface area contributed by atoms with Crippen LogP contribution in [-0.4, -0.2) is 30.6 Å². The number of benzene rings is 1. The first kappa shape index (κ1) is 12.5. The molecule has 0 saturated carbocycles. The van der Waals surface area contributed by atoms with Crippen LogP contribution < -0.4 is 5.73 Å². The maximum atomic E-state index is 12.7. The van der Waals surface area contributed by atoms with Gasteiger partial charge in [0.2, 0.25) is 0 Å². The van der Waals surface area contributed by atoms with Crippen molar-refractivity contribution in [3.63, 3.8) is 0 Å². The second kappa shape index (κ2) is 6.12. The molecule has 0 bridgehead atoms. The van der Waals surface area contributed by atoms with E-state index in [1.807, 2.05) is 12.1 Å². The number of nitrogens with two attached hydrogens (primary N) is 1. The fraction of sp³-hybridized carbons (Fsp3) is 0.571. The van der Waals surface area contributed by atoms with Crippen LogP contribution in [0.15, 0.2) is 24.3 Å². The summed E-state index contributed by atoms with van der Waals surface area (Å²) in [5, 5.41) is 0. The third-order valence-corrected chi connectivity index (χ3v) is 3.49. The molecule has 0 radical (unpaired) electrons. The van der Waals surface area contributed by atoms with Crippen molar-refractivity contribution < 1.29 is 4.39 Å². The molecule has 1 aliphatic rings. The zero-order chi connectivity index (χ0) is 12.1. The van der Waals surface area contributed by atoms with Crippen LogP contribution in [0.3, 0.4) is 0 Å². The minimum atomic E-state index is -0.154. The maximum absolute atomic E-state index is 12.7. The molecule has 3 heteroatoms. The Labute approximate surface area is 103 Å². The molecule has 1 aromatic carbocycles. The topological polar surface area (TPSA) is 29.3 Å². The molecule has 1 fully saturated rings. The number of hydrogen-bond acceptors (Lipinski definition) is 2. The summed E-state index contributed by atoms with van der Waals surface area (Å²) in [6.07, 6.45) is 4.41. The molecule has 17 heavy (non-hydrogen) atoms. The van der Waals surface area contributed by atoms with Crippen molar-refractivity contribution in [2.24, 2.45) is 5.73 Å². The number of halogens is 1. The maximum Gasteiger partial charge on any atom is 0.123 e. The van der Waals surface area contributed by atoms with Gasteiger partial charge in [0.15, 0.2) is 0 Å². The first-order valence-corrected chi connectivity index (χ1v) is 6.46. The van der Waals surface area contributed by atoms with E-state index in [4.69, 9.17) is 5.73 Å². The van der Waals surface area contributed by atoms with Gasteiger partial charge in [-0.05, 0) is 63.0 Å². The van der Waals surface area contributed by atoms with Crippen LogP contribution in [0, 0.1) is 5.82 Å². The molecule has 1 heterocycles. The Kier molecular flexibility index (Phi) is 4.51. The molecule has 2 rings (SSSR count). The predicted octanol–water partition coefficient (Wildman–Crippen LogP) is 2.18. The predicted molar refractivity (Wildman–Crippen MR) is 68.4 cm³/mol. The van der Waals surface area contributed by atoms with Crippen molar-refractivity contribution in [2.45, 2.75) is 31.7 Å². The Bertz CT molecular complexity index is 329. The van der Waals surface area contributed by atoms with Crippen LogP contribution >= 0.6 is 0 Å². The van der Waals surface area contributed by atoms with E-state index >= 15 is 0 Å². The fourth-order valence-electron chi connectivity index (χ4n) is 2.33. The summed E-state index contributed by atoms with van der Waals surface area (Å²) in [5.74, 6) is -0.154. The molecular formula is C14H21FN2. The van der Waals surface area contributed by atoms with Crippen molar-refractivity contribution in [1.29, 1.82) is 0 Å². The third kappa shape index (κ3) is 4.10. The Morgan fingerprint density at radius 3 is 2.47 bits per heavy atom. The lowest BCUT2D eigenvalue weighted by molar-refractivity contribution is 0.211. The fourth-order valence-corrected chi connectivity index (χ4v) is 2.33. The van der Waals surface area contributed by atoms with Crippen molar-refractivity contribution in [2.75, 3.05) is 19.6 Å². The molecule has 0 unspecified atom stereocenters. The van der Waals surface area contributed by atoms with Gasteiger partial charge in [-0.1, -0.05) is 12.1 Å². The van der Waals surface area contributed by atoms with Crippen LogP contribution in [0.5, 0.6) is 0 Å². The largest absolute Gasteiger partial charge is 0.328 e. The lowest BCUT2D eigenvalue weighted by Gasteiger charge is -2.29. The van der Waals surface area contributed by atoms with Crippen molar-refractivity contribution in [3.05, 3.63) is 35.6 Å². The molecule has 1 aromatic rings. The van der Waals surface area contributed by atoms with E-state index in [1.54, 1.807) is 0 Å². The van der Waals surface area contributed by atoms with Gasteiger partial charge in [-0.2, -0.15) is 0 Å². The van der Waals surface area contributed by atoms with Crippen molar-refractivity contribution in [1.82, 2.24) is 4.90 Å². The second-order valence-electron chi connectivity index (χ2n) is 4.91. The van der Waals surface area contributed by atoms with Gasteiger partial charge in [-0.25, -0.2) is 4.39 Å². The molecule has 0 amide bonds. The summed E-state index contributed by atoms with van der Waals surface area (Å²) in [4.78, 5) is 2.48. The standard InChI is InChI=1S/C14H21FN2/c15-13-5-3-12(4-6-13)2-1-9-17-10-7-14(16)8-11-17/h3-6,14H,1-2,7-11,16H2. The summed E-state index contributed by atoms with van der Waals surface area (Å²) in [6.45, 7) is 3.39. The molecule has 0 spiro atoms. The summed E-state index contributed by atoms with van der Waals surface area (Å²) in [6, 6.07) is 7.23. The van der Waals surface area contributed by atoms with Gasteiger partial charge in [0, 0.05) is 6.04 Å². The molecule has 2 nitrogen and oxygen atoms in total. The highest BCUT2D eigenvalue weighted by Gasteiger charge is 2.14. The van der Waals surface area contributed by atoms with Gasteiger partial charge in [-0.15, -0.1) is 0 Å². The van der Waals surface area contributed by atoms with E-state index < -0.39 is 0 Å². The number of likely N-dealkylation sites (tertiary alicyclic amines) is 1. The van der Waals surface area contributed by atoms with Crippen LogP contribution in [0.25, 0.3) is 0 Å². The number of rotatable bonds is 4. The minimum Gasteiger partial charge on any atom is -0.328 e. The minimum absolute atomic E-state index is 0.154. The monoisotopic (exact) mass is 236 g/mol. The number of hydrogen-bond donors (Lipinski definition) is 1. The highest BCUT2D eigenvalue weighted by molar-refractivity contribution is 5.15. The molecule has 2 N–H and O–H groups in total. The third-order valence-electron chi connectivity index (χ3n) is 3.49. The van der Waals surface area contributed by atoms with E-state index in [2.05, 4.69) is 4.90 Å². The first-order valence-electron chi connectivity index (χ1n) is 6.46. The Morgan fingerprint density at radius 2 is 1.82 bits per heavy atom. The molecular weight excluding hydrogens is 215 g/mol. The van der Waals surface area contributed by atoms with E-state index in [0.717, 1.165) is 45.3 Å². The van der Waals surface area contributed by atoms with Crippen molar-refractivity contribution >= 4 is 0 Å². The lowest BCUT2D eigenvalue weighted by atomic mass is 10.1. The quantitative estimate of drug-likeness (QED) is 0.868. The van der Waals surface area contributed by atoms with Crippen LogP contribution in [0.4, 0.5) is 4.39 Å². The normalized spacial score (nSPS) is 18.5. The molecule has 1 aliphatic heterocycles. The SMILES string of the molecule is NC1CCN(CCCc2ccc(F)cc2)CC1. The van der Waals surface area contributed by atoms with E-state index in [9.17, 15) is 4.39 Å². The second-order valence-corrected chi connectivity index (χ2v) is 4.91. The zero-order valence-corrected chi connectivity index (χ0v) is 10.2. The van der Waals surface area contributed by atoms with Crippen LogP contribution in [0.2, 0.25) is 0 Å². The molecule has 0 atom stereocenters. The van der Waals surface area contributed by atoms with Gasteiger partial charge < -0.3 is 10.6 Å². The van der Waals surface area contributed by atoms with Crippen LogP contribution in [0.1, 0.15) is 24.8 Å². The highest BCUT2D eigenvalue weighted by atomic mass is 19.1.